The minimum atomic E-state index is -0.790. The highest BCUT2D eigenvalue weighted by molar-refractivity contribution is 5.95. The van der Waals surface area contributed by atoms with Gasteiger partial charge in [0.15, 0.2) is 0 Å². The Kier molecular flexibility index (Phi) is 6.64. The number of amides is 1. The van der Waals surface area contributed by atoms with Crippen molar-refractivity contribution in [1.82, 2.24) is 5.43 Å². The summed E-state index contributed by atoms with van der Waals surface area (Å²) in [5.41, 5.74) is 1.74. The number of rotatable bonds is 8. The maximum Gasteiger partial charge on any atom is 0.318 e. The molecule has 0 spiro atoms. The second-order valence-corrected chi connectivity index (χ2v) is 6.34. The molecule has 3 rings (SSSR count). The molecule has 0 saturated carbocycles. The van der Waals surface area contributed by atoms with Crippen LogP contribution < -0.4 is 10.2 Å². The molecule has 33 heavy (non-hydrogen) atoms. The molecule has 13 heteroatoms. The van der Waals surface area contributed by atoms with Crippen molar-refractivity contribution < 1.29 is 24.3 Å². The molecule has 1 amide bonds. The molecule has 1 N–H and O–H groups in total. The fourth-order valence-corrected chi connectivity index (χ4v) is 2.60. The normalized spacial score (nSPS) is 10.5. The van der Waals surface area contributed by atoms with Crippen LogP contribution in [0.2, 0.25) is 0 Å². The van der Waals surface area contributed by atoms with Crippen molar-refractivity contribution in [2.75, 3.05) is 0 Å². The van der Waals surface area contributed by atoms with Crippen molar-refractivity contribution in [2.24, 2.45) is 5.10 Å². The number of nitrogens with one attached hydrogen (secondary N) is 1. The highest BCUT2D eigenvalue weighted by Gasteiger charge is 2.21. The molecule has 3 aromatic rings. The zero-order valence-electron chi connectivity index (χ0n) is 16.5. The Morgan fingerprint density at radius 3 is 2.15 bits per heavy atom. The second-order valence-electron chi connectivity index (χ2n) is 6.34. The van der Waals surface area contributed by atoms with Gasteiger partial charge in [-0.15, -0.1) is 0 Å². The number of hydrazone groups is 1. The summed E-state index contributed by atoms with van der Waals surface area (Å²) in [5, 5.41) is 36.5. The minimum absolute atomic E-state index is 0.153. The lowest BCUT2D eigenvalue weighted by Gasteiger charge is -2.07. The van der Waals surface area contributed by atoms with E-state index in [1.807, 2.05) is 0 Å². The quantitative estimate of drug-likeness (QED) is 0.303. The van der Waals surface area contributed by atoms with E-state index in [2.05, 4.69) is 10.5 Å². The molecule has 0 aliphatic carbocycles. The molecule has 0 aliphatic heterocycles. The molecule has 0 atom stereocenters. The van der Waals surface area contributed by atoms with Gasteiger partial charge in [-0.1, -0.05) is 12.1 Å². The van der Waals surface area contributed by atoms with E-state index < -0.39 is 32.1 Å². The first kappa shape index (κ1) is 22.5. The third-order valence-corrected chi connectivity index (χ3v) is 4.16. The molecular weight excluding hydrogens is 438 g/mol. The van der Waals surface area contributed by atoms with Crippen LogP contribution >= 0.6 is 0 Å². The molecule has 0 saturated heterocycles. The predicted molar refractivity (Wildman–Crippen MR) is 114 cm³/mol. The van der Waals surface area contributed by atoms with E-state index in [0.717, 1.165) is 18.2 Å². The fourth-order valence-electron chi connectivity index (χ4n) is 2.60. The fraction of sp³-hybridized carbons (Fsp3) is 0. The summed E-state index contributed by atoms with van der Waals surface area (Å²) in [7, 11) is 0. The summed E-state index contributed by atoms with van der Waals surface area (Å²) in [4.78, 5) is 42.7. The average Bonchev–Trinajstić information content (AvgIpc) is 2.79. The van der Waals surface area contributed by atoms with Crippen molar-refractivity contribution in [2.45, 2.75) is 0 Å². The zero-order chi connectivity index (χ0) is 24.0. The monoisotopic (exact) mass is 451 g/mol. The van der Waals surface area contributed by atoms with Crippen molar-refractivity contribution in [3.05, 3.63) is 108 Å². The van der Waals surface area contributed by atoms with Gasteiger partial charge in [0.05, 0.1) is 27.1 Å². The molecule has 0 bridgehead atoms. The molecule has 0 aliphatic rings. The van der Waals surface area contributed by atoms with Gasteiger partial charge in [0, 0.05) is 23.8 Å². The number of hydrogen-bond acceptors (Lipinski definition) is 9. The third kappa shape index (κ3) is 5.69. The zero-order valence-corrected chi connectivity index (χ0v) is 16.5. The summed E-state index contributed by atoms with van der Waals surface area (Å²) in [6.45, 7) is 0. The number of nitro benzene ring substituents is 3. The number of carbonyl (C=O) groups excluding carboxylic acids is 1. The van der Waals surface area contributed by atoms with Crippen LogP contribution in [0.3, 0.4) is 0 Å². The summed E-state index contributed by atoms with van der Waals surface area (Å²) in [6.07, 6.45) is 1.29. The standard InChI is InChI=1S/C20H13N5O8/c26-20(14-4-6-15(7-5-14)23(27)28)22-21-12-13-2-1-3-17(10-13)33-19-9-8-16(24(29)30)11-18(19)25(31)32/h1-12H,(H,22,26). The lowest BCUT2D eigenvalue weighted by molar-refractivity contribution is -0.394. The smallest absolute Gasteiger partial charge is 0.318 e. The maximum atomic E-state index is 12.1. The lowest BCUT2D eigenvalue weighted by atomic mass is 10.2. The van der Waals surface area contributed by atoms with Gasteiger partial charge in [-0.05, 0) is 35.9 Å². The summed E-state index contributed by atoms with van der Waals surface area (Å²) in [5.74, 6) is -0.584. The first-order chi connectivity index (χ1) is 15.7. The van der Waals surface area contributed by atoms with Gasteiger partial charge >= 0.3 is 5.69 Å². The predicted octanol–water partition coefficient (Wildman–Crippen LogP) is 3.97. The molecular formula is C20H13N5O8. The molecule has 3 aromatic carbocycles. The van der Waals surface area contributed by atoms with E-state index in [0.29, 0.717) is 5.56 Å². The number of carbonyl (C=O) groups is 1. The Hall–Kier alpha value is -5.20. The Morgan fingerprint density at radius 1 is 0.848 bits per heavy atom. The minimum Gasteiger partial charge on any atom is -0.450 e. The molecule has 0 radical (unpaired) electrons. The van der Waals surface area contributed by atoms with Crippen molar-refractivity contribution >= 4 is 29.2 Å². The lowest BCUT2D eigenvalue weighted by Crippen LogP contribution is -2.17. The van der Waals surface area contributed by atoms with Gasteiger partial charge in [-0.25, -0.2) is 5.43 Å². The average molecular weight is 451 g/mol. The van der Waals surface area contributed by atoms with E-state index in [4.69, 9.17) is 4.74 Å². The molecule has 0 aromatic heterocycles. The highest BCUT2D eigenvalue weighted by atomic mass is 16.6. The summed E-state index contributed by atoms with van der Waals surface area (Å²) >= 11 is 0. The van der Waals surface area contributed by atoms with Crippen molar-refractivity contribution in [1.29, 1.82) is 0 Å². The molecule has 0 fully saturated rings. The molecule has 13 nitrogen and oxygen atoms in total. The van der Waals surface area contributed by atoms with Crippen LogP contribution in [0.4, 0.5) is 17.1 Å². The van der Waals surface area contributed by atoms with Crippen LogP contribution in [0.1, 0.15) is 15.9 Å². The van der Waals surface area contributed by atoms with Gasteiger partial charge < -0.3 is 4.74 Å². The largest absolute Gasteiger partial charge is 0.450 e. The van der Waals surface area contributed by atoms with E-state index in [1.54, 1.807) is 12.1 Å². The molecule has 0 unspecified atom stereocenters. The SMILES string of the molecule is O=C(NN=Cc1cccc(Oc2ccc([N+](=O)[O-])cc2[N+](=O)[O-])c1)c1ccc([N+](=O)[O-])cc1. The summed E-state index contributed by atoms with van der Waals surface area (Å²) < 4.78 is 5.51. The Labute approximate surface area is 184 Å². The van der Waals surface area contributed by atoms with Crippen LogP contribution in [-0.4, -0.2) is 26.9 Å². The third-order valence-electron chi connectivity index (χ3n) is 4.16. The number of nitro groups is 3. The van der Waals surface area contributed by atoms with Gasteiger partial charge in [0.2, 0.25) is 5.75 Å². The van der Waals surface area contributed by atoms with E-state index in [9.17, 15) is 35.1 Å². The van der Waals surface area contributed by atoms with Gasteiger partial charge in [-0.3, -0.25) is 35.1 Å². The first-order valence-corrected chi connectivity index (χ1v) is 9.03. The molecule has 0 heterocycles. The van der Waals surface area contributed by atoms with Crippen LogP contribution in [0.15, 0.2) is 71.8 Å². The van der Waals surface area contributed by atoms with Crippen LogP contribution in [0, 0.1) is 30.3 Å². The first-order valence-electron chi connectivity index (χ1n) is 9.03. The van der Waals surface area contributed by atoms with Gasteiger partial charge in [-0.2, -0.15) is 5.10 Å². The topological polar surface area (TPSA) is 180 Å². The second kappa shape index (κ2) is 9.74. The van der Waals surface area contributed by atoms with E-state index in [-0.39, 0.29) is 22.7 Å². The number of ether oxygens (including phenoxy) is 1. The Balaban J connectivity index is 1.70. The van der Waals surface area contributed by atoms with Gasteiger partial charge in [0.25, 0.3) is 17.3 Å². The number of non-ortho nitro benzene ring substituents is 2. The van der Waals surface area contributed by atoms with Crippen LogP contribution in [0.5, 0.6) is 11.5 Å². The van der Waals surface area contributed by atoms with Crippen molar-refractivity contribution in [3.63, 3.8) is 0 Å². The number of benzene rings is 3. The molecule has 166 valence electrons. The number of hydrogen-bond donors (Lipinski definition) is 1. The Bertz CT molecular complexity index is 1270. The van der Waals surface area contributed by atoms with Crippen molar-refractivity contribution in [3.8, 4) is 11.5 Å². The Morgan fingerprint density at radius 2 is 1.52 bits per heavy atom. The summed E-state index contributed by atoms with van der Waals surface area (Å²) in [6, 6.07) is 14.2. The van der Waals surface area contributed by atoms with E-state index >= 15 is 0 Å². The van der Waals surface area contributed by atoms with E-state index in [1.165, 1.54) is 42.6 Å². The van der Waals surface area contributed by atoms with Crippen LogP contribution in [0.25, 0.3) is 0 Å². The number of nitrogens with zero attached hydrogens (tertiary/aromatic N) is 4. The van der Waals surface area contributed by atoms with Gasteiger partial charge in [0.1, 0.15) is 5.75 Å². The maximum absolute atomic E-state index is 12.1. The highest BCUT2D eigenvalue weighted by Crippen LogP contribution is 2.34. The van der Waals surface area contributed by atoms with Crippen LogP contribution in [-0.2, 0) is 0 Å².